The van der Waals surface area contributed by atoms with Crippen molar-refractivity contribution in [1.29, 1.82) is 0 Å². The van der Waals surface area contributed by atoms with Crippen LogP contribution in [0.1, 0.15) is 30.3 Å². The summed E-state index contributed by atoms with van der Waals surface area (Å²) in [5.74, 6) is -0.0795. The molecular formula is C11H17N3O2S. The van der Waals surface area contributed by atoms with Crippen LogP contribution >= 0.6 is 11.3 Å². The van der Waals surface area contributed by atoms with E-state index in [2.05, 4.69) is 10.3 Å². The molecule has 1 atom stereocenters. The lowest BCUT2D eigenvalue weighted by atomic mass is 10.1. The van der Waals surface area contributed by atoms with E-state index in [4.69, 9.17) is 0 Å². The second-order valence-electron chi connectivity index (χ2n) is 4.12. The molecule has 2 rings (SSSR count). The van der Waals surface area contributed by atoms with E-state index >= 15 is 0 Å². The molecule has 0 aromatic carbocycles. The number of likely N-dealkylation sites (tertiary alicyclic amines) is 1. The van der Waals surface area contributed by atoms with Gasteiger partial charge >= 0.3 is 0 Å². The number of carbonyl (C=O) groups excluding carboxylic acids is 1. The number of aliphatic hydroxyl groups is 1. The molecule has 0 saturated carbocycles. The van der Waals surface area contributed by atoms with Crippen molar-refractivity contribution in [2.75, 3.05) is 25.0 Å². The summed E-state index contributed by atoms with van der Waals surface area (Å²) in [4.78, 5) is 18.0. The Hall–Kier alpha value is -1.14. The lowest BCUT2D eigenvalue weighted by molar-refractivity contribution is 0.0469. The zero-order chi connectivity index (χ0) is 12.3. The molecule has 1 aromatic rings. The molecule has 1 amide bonds. The van der Waals surface area contributed by atoms with Crippen LogP contribution in [-0.2, 0) is 0 Å². The Morgan fingerprint density at radius 2 is 2.59 bits per heavy atom. The average molecular weight is 255 g/mol. The maximum Gasteiger partial charge on any atom is 0.273 e. The average Bonchev–Trinajstić information content (AvgIpc) is 2.77. The molecule has 1 aliphatic heterocycles. The number of piperidine rings is 1. The smallest absolute Gasteiger partial charge is 0.273 e. The summed E-state index contributed by atoms with van der Waals surface area (Å²) in [6.07, 6.45) is 1.25. The third-order valence-electron chi connectivity index (χ3n) is 2.74. The zero-order valence-electron chi connectivity index (χ0n) is 9.85. The molecule has 0 bridgehead atoms. The van der Waals surface area contributed by atoms with E-state index in [1.54, 1.807) is 10.3 Å². The van der Waals surface area contributed by atoms with Gasteiger partial charge in [-0.05, 0) is 19.8 Å². The summed E-state index contributed by atoms with van der Waals surface area (Å²) in [6.45, 7) is 3.92. The molecule has 94 valence electrons. The number of β-amino-alcohol motifs (C(OH)–C–C–N with tert-alkyl or cyclic N) is 1. The monoisotopic (exact) mass is 255 g/mol. The van der Waals surface area contributed by atoms with Gasteiger partial charge in [0.25, 0.3) is 5.91 Å². The quantitative estimate of drug-likeness (QED) is 0.851. The molecule has 17 heavy (non-hydrogen) atoms. The molecule has 5 nitrogen and oxygen atoms in total. The summed E-state index contributed by atoms with van der Waals surface area (Å²) in [6, 6.07) is 0. The third kappa shape index (κ3) is 2.95. The molecule has 1 fully saturated rings. The highest BCUT2D eigenvalue weighted by Gasteiger charge is 2.24. The molecule has 1 unspecified atom stereocenters. The number of aliphatic hydroxyl groups excluding tert-OH is 1. The number of thiazole rings is 1. The molecule has 0 aliphatic carbocycles. The lowest BCUT2D eigenvalue weighted by Gasteiger charge is -2.29. The Morgan fingerprint density at radius 1 is 1.76 bits per heavy atom. The second-order valence-corrected chi connectivity index (χ2v) is 4.97. The Kier molecular flexibility index (Phi) is 3.96. The molecule has 1 aromatic heterocycles. The van der Waals surface area contributed by atoms with Gasteiger partial charge in [-0.15, -0.1) is 11.3 Å². The number of amides is 1. The van der Waals surface area contributed by atoms with Gasteiger partial charge in [-0.2, -0.15) is 0 Å². The van der Waals surface area contributed by atoms with E-state index in [0.29, 0.717) is 18.8 Å². The summed E-state index contributed by atoms with van der Waals surface area (Å²) in [5.41, 5.74) is 0.472. The van der Waals surface area contributed by atoms with Gasteiger partial charge in [-0.3, -0.25) is 4.79 Å². The lowest BCUT2D eigenvalue weighted by Crippen LogP contribution is -2.42. The molecule has 0 spiro atoms. The number of rotatable bonds is 3. The largest absolute Gasteiger partial charge is 0.391 e. The van der Waals surface area contributed by atoms with Crippen molar-refractivity contribution in [2.24, 2.45) is 0 Å². The van der Waals surface area contributed by atoms with E-state index in [1.807, 2.05) is 6.92 Å². The van der Waals surface area contributed by atoms with Crippen molar-refractivity contribution in [1.82, 2.24) is 9.88 Å². The van der Waals surface area contributed by atoms with Crippen LogP contribution in [0.15, 0.2) is 5.38 Å². The highest BCUT2D eigenvalue weighted by molar-refractivity contribution is 7.13. The van der Waals surface area contributed by atoms with Crippen LogP contribution in [0.2, 0.25) is 0 Å². The molecular weight excluding hydrogens is 238 g/mol. The fraction of sp³-hybridized carbons (Fsp3) is 0.636. The first-order chi connectivity index (χ1) is 8.20. The van der Waals surface area contributed by atoms with Gasteiger partial charge in [0.1, 0.15) is 5.69 Å². The van der Waals surface area contributed by atoms with E-state index in [0.717, 1.165) is 24.5 Å². The third-order valence-corrected chi connectivity index (χ3v) is 3.54. The first-order valence-corrected chi connectivity index (χ1v) is 6.75. The van der Waals surface area contributed by atoms with Gasteiger partial charge in [0.2, 0.25) is 0 Å². The van der Waals surface area contributed by atoms with Gasteiger partial charge in [0.15, 0.2) is 5.13 Å². The number of nitrogens with zero attached hydrogens (tertiary/aromatic N) is 2. The Morgan fingerprint density at radius 3 is 3.29 bits per heavy atom. The van der Waals surface area contributed by atoms with Crippen LogP contribution in [0.5, 0.6) is 0 Å². The minimum atomic E-state index is -0.389. The molecule has 0 radical (unpaired) electrons. The molecule has 1 saturated heterocycles. The van der Waals surface area contributed by atoms with Crippen molar-refractivity contribution in [3.05, 3.63) is 11.1 Å². The fourth-order valence-corrected chi connectivity index (χ4v) is 2.66. The molecule has 6 heteroatoms. The van der Waals surface area contributed by atoms with Crippen molar-refractivity contribution >= 4 is 22.4 Å². The molecule has 2 N–H and O–H groups in total. The number of nitrogens with one attached hydrogen (secondary N) is 1. The van der Waals surface area contributed by atoms with E-state index in [1.165, 1.54) is 11.3 Å². The van der Waals surface area contributed by atoms with Crippen LogP contribution in [0.4, 0.5) is 5.13 Å². The zero-order valence-corrected chi connectivity index (χ0v) is 10.7. The van der Waals surface area contributed by atoms with Crippen molar-refractivity contribution in [2.45, 2.75) is 25.9 Å². The van der Waals surface area contributed by atoms with Crippen molar-refractivity contribution in [3.63, 3.8) is 0 Å². The summed E-state index contributed by atoms with van der Waals surface area (Å²) < 4.78 is 0. The van der Waals surface area contributed by atoms with E-state index in [9.17, 15) is 9.90 Å². The number of anilines is 1. The first-order valence-electron chi connectivity index (χ1n) is 5.87. The SMILES string of the molecule is CCNc1nc(C(=O)N2CCCC(O)C2)cs1. The van der Waals surface area contributed by atoms with Crippen LogP contribution in [0, 0.1) is 0 Å². The Bertz CT molecular complexity index is 394. The standard InChI is InChI=1S/C11H17N3O2S/c1-2-12-11-13-9(7-17-11)10(16)14-5-3-4-8(15)6-14/h7-8,15H,2-6H2,1H3,(H,12,13). The van der Waals surface area contributed by atoms with Crippen molar-refractivity contribution in [3.8, 4) is 0 Å². The van der Waals surface area contributed by atoms with Crippen LogP contribution in [0.3, 0.4) is 0 Å². The minimum Gasteiger partial charge on any atom is -0.391 e. The Labute approximate surface area is 104 Å². The summed E-state index contributed by atoms with van der Waals surface area (Å²) in [5, 5.41) is 15.2. The molecule has 2 heterocycles. The minimum absolute atomic E-state index is 0.0795. The maximum atomic E-state index is 12.1. The van der Waals surface area contributed by atoms with Crippen LogP contribution < -0.4 is 5.32 Å². The van der Waals surface area contributed by atoms with E-state index < -0.39 is 0 Å². The number of carbonyl (C=O) groups is 1. The van der Waals surface area contributed by atoms with Gasteiger partial charge in [0, 0.05) is 25.0 Å². The number of hydrogen-bond donors (Lipinski definition) is 2. The highest BCUT2D eigenvalue weighted by atomic mass is 32.1. The number of hydrogen-bond acceptors (Lipinski definition) is 5. The predicted octanol–water partition coefficient (Wildman–Crippen LogP) is 1.17. The van der Waals surface area contributed by atoms with Crippen molar-refractivity contribution < 1.29 is 9.90 Å². The summed E-state index contributed by atoms with van der Waals surface area (Å²) in [7, 11) is 0. The predicted molar refractivity (Wildman–Crippen MR) is 67.4 cm³/mol. The van der Waals surface area contributed by atoms with Crippen LogP contribution in [-0.4, -0.2) is 46.6 Å². The molecule has 1 aliphatic rings. The topological polar surface area (TPSA) is 65.5 Å². The highest BCUT2D eigenvalue weighted by Crippen LogP contribution is 2.18. The Balaban J connectivity index is 2.02. The van der Waals surface area contributed by atoms with Gasteiger partial charge < -0.3 is 15.3 Å². The summed E-state index contributed by atoms with van der Waals surface area (Å²) >= 11 is 1.44. The van der Waals surface area contributed by atoms with Gasteiger partial charge in [0.05, 0.1) is 6.10 Å². The van der Waals surface area contributed by atoms with Gasteiger partial charge in [-0.25, -0.2) is 4.98 Å². The van der Waals surface area contributed by atoms with Gasteiger partial charge in [-0.1, -0.05) is 0 Å². The fourth-order valence-electron chi connectivity index (χ4n) is 1.91. The number of aromatic nitrogens is 1. The van der Waals surface area contributed by atoms with E-state index in [-0.39, 0.29) is 12.0 Å². The first kappa shape index (κ1) is 12.3. The maximum absolute atomic E-state index is 12.1. The second kappa shape index (κ2) is 5.46. The van der Waals surface area contributed by atoms with Crippen LogP contribution in [0.25, 0.3) is 0 Å². The normalized spacial score (nSPS) is 20.4.